The van der Waals surface area contributed by atoms with Gasteiger partial charge in [0.05, 0.1) is 33.2 Å². The van der Waals surface area contributed by atoms with Crippen LogP contribution in [0.3, 0.4) is 0 Å². The third-order valence-corrected chi connectivity index (χ3v) is 3.37. The lowest BCUT2D eigenvalue weighted by atomic mass is 10.2. The summed E-state index contributed by atoms with van der Waals surface area (Å²) in [6, 6.07) is 3.28. The van der Waals surface area contributed by atoms with Crippen molar-refractivity contribution in [2.75, 3.05) is 5.73 Å². The van der Waals surface area contributed by atoms with Crippen molar-refractivity contribution in [3.05, 3.63) is 44.7 Å². The fourth-order valence-corrected chi connectivity index (χ4v) is 2.01. The van der Waals surface area contributed by atoms with Gasteiger partial charge in [-0.25, -0.2) is 9.66 Å². The van der Waals surface area contributed by atoms with E-state index in [1.54, 1.807) is 18.3 Å². The molecule has 1 aromatic carbocycles. The molecule has 0 radical (unpaired) electrons. The minimum Gasteiger partial charge on any atom is -0.368 e. The number of benzene rings is 1. The molecule has 0 saturated heterocycles. The highest BCUT2D eigenvalue weighted by Gasteiger charge is 2.08. The summed E-state index contributed by atoms with van der Waals surface area (Å²) < 4.78 is 1.43. The van der Waals surface area contributed by atoms with Crippen molar-refractivity contribution in [2.24, 2.45) is 5.10 Å². The molecule has 0 saturated carbocycles. The minimum absolute atomic E-state index is 0.290. The van der Waals surface area contributed by atoms with Crippen molar-refractivity contribution in [3.8, 4) is 0 Å². The third-order valence-electron chi connectivity index (χ3n) is 2.23. The van der Waals surface area contributed by atoms with E-state index >= 15 is 0 Å². The number of hydrogen-bond donors (Lipinski definition) is 1. The highest BCUT2D eigenvalue weighted by atomic mass is 35.5. The molecule has 0 aliphatic carbocycles. The van der Waals surface area contributed by atoms with Crippen LogP contribution in [0.2, 0.25) is 15.1 Å². The van der Waals surface area contributed by atoms with Crippen molar-refractivity contribution >= 4 is 47.0 Å². The highest BCUT2D eigenvalue weighted by Crippen LogP contribution is 2.30. The average Bonchev–Trinajstić information content (AvgIpc) is 2.63. The molecule has 0 atom stereocenters. The van der Waals surface area contributed by atoms with Gasteiger partial charge >= 0.3 is 0 Å². The fourth-order valence-electron chi connectivity index (χ4n) is 1.38. The molecule has 0 unspecified atom stereocenters. The SMILES string of the molecule is Cc1cn(N=Cc2c(Cl)ccc(Cl)c2Cl)c(N)n1. The molecule has 0 amide bonds. The van der Waals surface area contributed by atoms with Gasteiger partial charge in [-0.05, 0) is 19.1 Å². The molecular weight excluding hydrogens is 295 g/mol. The van der Waals surface area contributed by atoms with Crippen LogP contribution >= 0.6 is 34.8 Å². The Kier molecular flexibility index (Phi) is 3.80. The van der Waals surface area contributed by atoms with Crippen LogP contribution in [-0.4, -0.2) is 15.9 Å². The summed E-state index contributed by atoms with van der Waals surface area (Å²) >= 11 is 18.0. The molecule has 2 rings (SSSR count). The second-order valence-corrected chi connectivity index (χ2v) is 4.78. The molecule has 2 aromatic rings. The maximum absolute atomic E-state index is 6.05. The third kappa shape index (κ3) is 2.61. The van der Waals surface area contributed by atoms with E-state index in [0.29, 0.717) is 20.6 Å². The van der Waals surface area contributed by atoms with E-state index in [-0.39, 0.29) is 5.95 Å². The predicted molar refractivity (Wildman–Crippen MR) is 75.8 cm³/mol. The van der Waals surface area contributed by atoms with Crippen LogP contribution in [0.15, 0.2) is 23.4 Å². The Morgan fingerprint density at radius 1 is 1.28 bits per heavy atom. The maximum Gasteiger partial charge on any atom is 0.221 e. The van der Waals surface area contributed by atoms with E-state index in [9.17, 15) is 0 Å². The van der Waals surface area contributed by atoms with E-state index in [0.717, 1.165) is 5.69 Å². The summed E-state index contributed by atoms with van der Waals surface area (Å²) in [5, 5.41) is 5.36. The number of imidazole rings is 1. The van der Waals surface area contributed by atoms with Crippen LogP contribution in [0, 0.1) is 6.92 Å². The molecular formula is C11H9Cl3N4. The Morgan fingerprint density at radius 2 is 1.94 bits per heavy atom. The summed E-state index contributed by atoms with van der Waals surface area (Å²) in [6.07, 6.45) is 3.19. The zero-order valence-corrected chi connectivity index (χ0v) is 11.6. The second-order valence-electron chi connectivity index (χ2n) is 3.59. The number of anilines is 1. The molecule has 18 heavy (non-hydrogen) atoms. The number of aryl methyl sites for hydroxylation is 1. The normalized spacial score (nSPS) is 11.3. The lowest BCUT2D eigenvalue weighted by Crippen LogP contribution is -1.97. The second kappa shape index (κ2) is 5.18. The topological polar surface area (TPSA) is 56.2 Å². The zero-order chi connectivity index (χ0) is 13.3. The van der Waals surface area contributed by atoms with Crippen LogP contribution in [-0.2, 0) is 0 Å². The molecule has 0 aliphatic rings. The number of nitrogen functional groups attached to an aromatic ring is 1. The summed E-state index contributed by atoms with van der Waals surface area (Å²) in [5.74, 6) is 0.290. The van der Waals surface area contributed by atoms with Crippen LogP contribution in [0.25, 0.3) is 0 Å². The van der Waals surface area contributed by atoms with Gasteiger partial charge in [0.2, 0.25) is 5.95 Å². The van der Waals surface area contributed by atoms with Gasteiger partial charge in [0.25, 0.3) is 0 Å². The van der Waals surface area contributed by atoms with Crippen LogP contribution in [0.4, 0.5) is 5.95 Å². The zero-order valence-electron chi connectivity index (χ0n) is 9.36. The molecule has 94 valence electrons. The quantitative estimate of drug-likeness (QED) is 0.680. The van der Waals surface area contributed by atoms with Crippen molar-refractivity contribution < 1.29 is 0 Å². The van der Waals surface area contributed by atoms with Crippen molar-refractivity contribution in [1.82, 2.24) is 9.66 Å². The van der Waals surface area contributed by atoms with E-state index in [1.807, 2.05) is 6.92 Å². The molecule has 1 aromatic heterocycles. The molecule has 4 nitrogen and oxygen atoms in total. The number of aromatic nitrogens is 2. The van der Waals surface area contributed by atoms with Gasteiger partial charge in [0.15, 0.2) is 0 Å². The van der Waals surface area contributed by atoms with E-state index in [4.69, 9.17) is 40.5 Å². The van der Waals surface area contributed by atoms with E-state index in [1.165, 1.54) is 10.9 Å². The van der Waals surface area contributed by atoms with Crippen LogP contribution < -0.4 is 5.73 Å². The first kappa shape index (κ1) is 13.2. The standard InChI is InChI=1S/C11H9Cl3N4/c1-6-5-18(11(15)17-6)16-4-7-8(12)2-3-9(13)10(7)14/h2-5H,1H3,(H2,15,17). The predicted octanol–water partition coefficient (Wildman–Crippen LogP) is 3.62. The monoisotopic (exact) mass is 302 g/mol. The molecule has 0 spiro atoms. The van der Waals surface area contributed by atoms with Crippen molar-refractivity contribution in [2.45, 2.75) is 6.92 Å². The average molecular weight is 304 g/mol. The minimum atomic E-state index is 0.290. The van der Waals surface area contributed by atoms with Gasteiger partial charge in [-0.3, -0.25) is 0 Å². The van der Waals surface area contributed by atoms with Gasteiger partial charge in [0.1, 0.15) is 0 Å². The summed E-state index contributed by atoms with van der Waals surface area (Å²) in [4.78, 5) is 4.02. The highest BCUT2D eigenvalue weighted by molar-refractivity contribution is 6.45. The number of rotatable bonds is 2. The Morgan fingerprint density at radius 3 is 2.56 bits per heavy atom. The van der Waals surface area contributed by atoms with Crippen molar-refractivity contribution in [1.29, 1.82) is 0 Å². The molecule has 7 heteroatoms. The molecule has 1 heterocycles. The van der Waals surface area contributed by atoms with E-state index in [2.05, 4.69) is 10.1 Å². The number of nitrogens with zero attached hydrogens (tertiary/aromatic N) is 3. The Balaban J connectivity index is 2.40. The molecule has 0 aliphatic heterocycles. The Labute approximate surface area is 119 Å². The Hall–Kier alpha value is -1.23. The van der Waals surface area contributed by atoms with Gasteiger partial charge in [-0.15, -0.1) is 0 Å². The number of hydrogen-bond acceptors (Lipinski definition) is 3. The molecule has 2 N–H and O–H groups in total. The first-order valence-corrected chi connectivity index (χ1v) is 6.11. The first-order chi connectivity index (χ1) is 8.49. The largest absolute Gasteiger partial charge is 0.368 e. The lowest BCUT2D eigenvalue weighted by molar-refractivity contribution is 0.897. The number of nitrogens with two attached hydrogens (primary N) is 1. The Bertz CT molecular complexity index is 619. The van der Waals surface area contributed by atoms with Crippen LogP contribution in [0.5, 0.6) is 0 Å². The summed E-state index contributed by atoms with van der Waals surface area (Å²) in [6.45, 7) is 1.82. The van der Waals surface area contributed by atoms with Crippen LogP contribution in [0.1, 0.15) is 11.3 Å². The lowest BCUT2D eigenvalue weighted by Gasteiger charge is -2.03. The summed E-state index contributed by atoms with van der Waals surface area (Å²) in [7, 11) is 0. The fraction of sp³-hybridized carbons (Fsp3) is 0.0909. The molecule has 0 fully saturated rings. The van der Waals surface area contributed by atoms with Gasteiger partial charge in [-0.1, -0.05) is 34.8 Å². The van der Waals surface area contributed by atoms with Crippen molar-refractivity contribution in [3.63, 3.8) is 0 Å². The van der Waals surface area contributed by atoms with Gasteiger partial charge in [0, 0.05) is 5.56 Å². The van der Waals surface area contributed by atoms with Gasteiger partial charge in [-0.2, -0.15) is 5.10 Å². The first-order valence-electron chi connectivity index (χ1n) is 4.98. The maximum atomic E-state index is 6.05. The van der Waals surface area contributed by atoms with Gasteiger partial charge < -0.3 is 5.73 Å². The van der Waals surface area contributed by atoms with E-state index < -0.39 is 0 Å². The smallest absolute Gasteiger partial charge is 0.221 e. The number of halogens is 3. The summed E-state index contributed by atoms with van der Waals surface area (Å²) in [5.41, 5.74) is 6.97. The molecule has 0 bridgehead atoms.